The van der Waals surface area contributed by atoms with Gasteiger partial charge in [0.1, 0.15) is 12.7 Å². The molecule has 0 saturated carbocycles. The van der Waals surface area contributed by atoms with Gasteiger partial charge in [-0.05, 0) is 25.1 Å². The van der Waals surface area contributed by atoms with Crippen LogP contribution in [0, 0.1) is 11.3 Å². The predicted octanol–water partition coefficient (Wildman–Crippen LogP) is 2.83. The predicted molar refractivity (Wildman–Crippen MR) is 81.9 cm³/mol. The first-order valence-electron chi connectivity index (χ1n) is 7.26. The number of nitrogens with zero attached hydrogens (tertiary/aromatic N) is 1. The van der Waals surface area contributed by atoms with Crippen LogP contribution in [-0.2, 0) is 16.1 Å². The number of carbonyl (C=O) groups is 1. The van der Waals surface area contributed by atoms with Crippen LogP contribution in [0.25, 0.3) is 0 Å². The number of para-hydroxylation sites is 2. The van der Waals surface area contributed by atoms with Crippen LogP contribution in [0.5, 0.6) is 11.5 Å². The van der Waals surface area contributed by atoms with Crippen molar-refractivity contribution in [2.75, 3.05) is 0 Å². The number of rotatable bonds is 3. The number of hydrogen-bond acceptors (Lipinski definition) is 5. The van der Waals surface area contributed by atoms with E-state index in [4.69, 9.17) is 19.5 Å². The van der Waals surface area contributed by atoms with E-state index in [1.165, 1.54) is 0 Å². The van der Waals surface area contributed by atoms with Gasteiger partial charge in [-0.25, -0.2) is 4.79 Å². The topological polar surface area (TPSA) is 68.6 Å². The van der Waals surface area contributed by atoms with Crippen LogP contribution in [0.1, 0.15) is 18.1 Å². The molecule has 2 aromatic carbocycles. The Labute approximate surface area is 134 Å². The summed E-state index contributed by atoms with van der Waals surface area (Å²) in [5.41, 5.74) is 1.15. The Morgan fingerprint density at radius 1 is 1.13 bits per heavy atom. The maximum absolute atomic E-state index is 12.3. The molecule has 0 N–H and O–H groups in total. The van der Waals surface area contributed by atoms with Gasteiger partial charge in [0.2, 0.25) is 6.10 Å². The largest absolute Gasteiger partial charge is 0.482 e. The highest BCUT2D eigenvalue weighted by atomic mass is 16.6. The van der Waals surface area contributed by atoms with Crippen molar-refractivity contribution in [3.05, 3.63) is 59.7 Å². The lowest BCUT2D eigenvalue weighted by Crippen LogP contribution is -2.44. The van der Waals surface area contributed by atoms with E-state index < -0.39 is 18.2 Å². The van der Waals surface area contributed by atoms with Crippen molar-refractivity contribution in [1.82, 2.24) is 0 Å². The second-order valence-electron chi connectivity index (χ2n) is 5.18. The molecule has 3 rings (SSSR count). The van der Waals surface area contributed by atoms with Gasteiger partial charge >= 0.3 is 5.97 Å². The van der Waals surface area contributed by atoms with E-state index in [0.29, 0.717) is 22.6 Å². The SMILES string of the molecule is C[C@@H]1Oc2ccccc2O[C@H]1C(=O)OCc1ccccc1C#N. The minimum absolute atomic E-state index is 0.0246. The van der Waals surface area contributed by atoms with Crippen molar-refractivity contribution in [2.45, 2.75) is 25.7 Å². The Bertz CT molecular complexity index is 766. The lowest BCUT2D eigenvalue weighted by Gasteiger charge is -2.30. The zero-order valence-electron chi connectivity index (χ0n) is 12.6. The third kappa shape index (κ3) is 3.11. The summed E-state index contributed by atoms with van der Waals surface area (Å²) in [5.74, 6) is 0.614. The minimum atomic E-state index is -0.834. The van der Waals surface area contributed by atoms with Crippen LogP contribution in [-0.4, -0.2) is 18.2 Å². The fourth-order valence-corrected chi connectivity index (χ4v) is 2.37. The number of ether oxygens (including phenoxy) is 3. The molecule has 5 heteroatoms. The standard InChI is InChI=1S/C18H15NO4/c1-12-17(23-16-9-5-4-8-15(16)22-12)18(20)21-11-14-7-3-2-6-13(14)10-19/h2-9,12,17H,11H2,1H3/t12-,17+/m0/s1. The van der Waals surface area contributed by atoms with Gasteiger partial charge in [-0.15, -0.1) is 0 Å². The fraction of sp³-hybridized carbons (Fsp3) is 0.222. The molecular weight excluding hydrogens is 294 g/mol. The second kappa shape index (κ2) is 6.41. The number of nitriles is 1. The van der Waals surface area contributed by atoms with Gasteiger partial charge in [-0.1, -0.05) is 30.3 Å². The van der Waals surface area contributed by atoms with Gasteiger partial charge in [0, 0.05) is 5.56 Å². The molecular formula is C18H15NO4. The molecule has 5 nitrogen and oxygen atoms in total. The van der Waals surface area contributed by atoms with Crippen molar-refractivity contribution in [1.29, 1.82) is 5.26 Å². The third-order valence-electron chi connectivity index (χ3n) is 3.58. The van der Waals surface area contributed by atoms with E-state index in [0.717, 1.165) is 0 Å². The van der Waals surface area contributed by atoms with E-state index in [-0.39, 0.29) is 6.61 Å². The van der Waals surface area contributed by atoms with Gasteiger partial charge in [0.25, 0.3) is 0 Å². The molecule has 0 unspecified atom stereocenters. The number of carbonyl (C=O) groups excluding carboxylic acids is 1. The summed E-state index contributed by atoms with van der Waals surface area (Å²) in [5, 5.41) is 9.05. The van der Waals surface area contributed by atoms with Crippen LogP contribution < -0.4 is 9.47 Å². The summed E-state index contributed by atoms with van der Waals surface area (Å²) < 4.78 is 16.7. The maximum Gasteiger partial charge on any atom is 0.351 e. The summed E-state index contributed by atoms with van der Waals surface area (Å²) in [6.07, 6.45) is -1.29. The molecule has 0 fully saturated rings. The van der Waals surface area contributed by atoms with E-state index in [9.17, 15) is 4.79 Å². The lowest BCUT2D eigenvalue weighted by atomic mass is 10.1. The van der Waals surface area contributed by atoms with E-state index in [1.54, 1.807) is 43.3 Å². The summed E-state index contributed by atoms with van der Waals surface area (Å²) in [7, 11) is 0. The van der Waals surface area contributed by atoms with Gasteiger partial charge in [0.15, 0.2) is 11.5 Å². The summed E-state index contributed by atoms with van der Waals surface area (Å²) >= 11 is 0. The van der Waals surface area contributed by atoms with Crippen LogP contribution in [0.4, 0.5) is 0 Å². The molecule has 0 spiro atoms. The summed E-state index contributed by atoms with van der Waals surface area (Å²) in [6, 6.07) is 16.2. The number of benzene rings is 2. The molecule has 1 aliphatic rings. The Balaban J connectivity index is 1.68. The van der Waals surface area contributed by atoms with E-state index >= 15 is 0 Å². The lowest BCUT2D eigenvalue weighted by molar-refractivity contribution is -0.159. The average molecular weight is 309 g/mol. The van der Waals surface area contributed by atoms with Gasteiger partial charge in [-0.3, -0.25) is 0 Å². The summed E-state index contributed by atoms with van der Waals surface area (Å²) in [6.45, 7) is 1.78. The Morgan fingerprint density at radius 2 is 1.78 bits per heavy atom. The Morgan fingerprint density at radius 3 is 2.52 bits per heavy atom. The molecule has 0 saturated heterocycles. The van der Waals surface area contributed by atoms with Crippen molar-refractivity contribution in [2.24, 2.45) is 0 Å². The highest BCUT2D eigenvalue weighted by Crippen LogP contribution is 2.33. The monoisotopic (exact) mass is 309 g/mol. The van der Waals surface area contributed by atoms with Crippen molar-refractivity contribution in [3.8, 4) is 17.6 Å². The smallest absolute Gasteiger partial charge is 0.351 e. The van der Waals surface area contributed by atoms with Gasteiger partial charge in [-0.2, -0.15) is 5.26 Å². The zero-order chi connectivity index (χ0) is 16.2. The fourth-order valence-electron chi connectivity index (χ4n) is 2.37. The zero-order valence-corrected chi connectivity index (χ0v) is 12.6. The number of fused-ring (bicyclic) bond motifs is 1. The van der Waals surface area contributed by atoms with Crippen molar-refractivity contribution < 1.29 is 19.0 Å². The van der Waals surface area contributed by atoms with E-state index in [2.05, 4.69) is 6.07 Å². The molecule has 23 heavy (non-hydrogen) atoms. The molecule has 116 valence electrons. The highest BCUT2D eigenvalue weighted by molar-refractivity contribution is 5.76. The second-order valence-corrected chi connectivity index (χ2v) is 5.18. The molecule has 1 heterocycles. The van der Waals surface area contributed by atoms with Crippen LogP contribution in [0.3, 0.4) is 0 Å². The van der Waals surface area contributed by atoms with Crippen LogP contribution in [0.15, 0.2) is 48.5 Å². The van der Waals surface area contributed by atoms with Gasteiger partial charge in [0.05, 0.1) is 11.6 Å². The maximum atomic E-state index is 12.3. The molecule has 0 aromatic heterocycles. The first-order chi connectivity index (χ1) is 11.2. The molecule has 0 bridgehead atoms. The molecule has 0 aliphatic carbocycles. The molecule has 2 aromatic rings. The molecule has 0 amide bonds. The first-order valence-corrected chi connectivity index (χ1v) is 7.26. The highest BCUT2D eigenvalue weighted by Gasteiger charge is 2.35. The Hall–Kier alpha value is -3.00. The minimum Gasteiger partial charge on any atom is -0.482 e. The molecule has 1 aliphatic heterocycles. The van der Waals surface area contributed by atoms with Gasteiger partial charge < -0.3 is 14.2 Å². The first kappa shape index (κ1) is 14.9. The number of hydrogen-bond donors (Lipinski definition) is 0. The quantitative estimate of drug-likeness (QED) is 0.815. The number of esters is 1. The average Bonchev–Trinajstić information content (AvgIpc) is 2.59. The normalized spacial score (nSPS) is 18.8. The van der Waals surface area contributed by atoms with Crippen molar-refractivity contribution >= 4 is 5.97 Å². The molecule has 2 atom stereocenters. The summed E-state index contributed by atoms with van der Waals surface area (Å²) in [4.78, 5) is 12.3. The van der Waals surface area contributed by atoms with Crippen molar-refractivity contribution in [3.63, 3.8) is 0 Å². The Kier molecular flexibility index (Phi) is 4.15. The van der Waals surface area contributed by atoms with Crippen LogP contribution >= 0.6 is 0 Å². The van der Waals surface area contributed by atoms with Crippen LogP contribution in [0.2, 0.25) is 0 Å². The molecule has 0 radical (unpaired) electrons. The third-order valence-corrected chi connectivity index (χ3v) is 3.58. The van der Waals surface area contributed by atoms with E-state index in [1.807, 2.05) is 12.1 Å².